The SMILES string of the molecule is CCCc1cc(NC(=O)c2cc(N3CCCS3(=O)=O)ncc2C)cc(C(=O)OC)c1. The predicted molar refractivity (Wildman–Crippen MR) is 114 cm³/mol. The van der Waals surface area contributed by atoms with E-state index in [4.69, 9.17) is 4.74 Å². The Balaban J connectivity index is 1.91. The molecule has 0 atom stereocenters. The van der Waals surface area contributed by atoms with Crippen molar-refractivity contribution in [3.8, 4) is 0 Å². The van der Waals surface area contributed by atoms with Gasteiger partial charge in [-0.1, -0.05) is 13.3 Å². The maximum atomic E-state index is 13.0. The van der Waals surface area contributed by atoms with Gasteiger partial charge in [0.1, 0.15) is 5.82 Å². The second-order valence-corrected chi connectivity index (χ2v) is 9.23. The van der Waals surface area contributed by atoms with Gasteiger partial charge in [0.25, 0.3) is 5.91 Å². The van der Waals surface area contributed by atoms with Crippen molar-refractivity contribution in [2.24, 2.45) is 0 Å². The highest BCUT2D eigenvalue weighted by molar-refractivity contribution is 7.93. The van der Waals surface area contributed by atoms with Crippen molar-refractivity contribution < 1.29 is 22.7 Å². The standard InChI is InChI=1S/C21H25N3O5S/c1-4-6-15-9-16(21(26)29-3)11-17(10-15)23-20(25)18-12-19(22-13-14(18)2)24-7-5-8-30(24,27)28/h9-13H,4-8H2,1-3H3,(H,23,25). The number of carbonyl (C=O) groups is 2. The number of benzene rings is 1. The number of esters is 1. The fraction of sp³-hybridized carbons (Fsp3) is 0.381. The number of amides is 1. The molecule has 1 aliphatic heterocycles. The summed E-state index contributed by atoms with van der Waals surface area (Å²) in [6.07, 6.45) is 3.65. The molecule has 3 rings (SSSR count). The highest BCUT2D eigenvalue weighted by atomic mass is 32.2. The number of anilines is 2. The van der Waals surface area contributed by atoms with Crippen molar-refractivity contribution in [3.05, 3.63) is 52.7 Å². The average Bonchev–Trinajstić information content (AvgIpc) is 3.06. The topological polar surface area (TPSA) is 106 Å². The van der Waals surface area contributed by atoms with Crippen LogP contribution in [0.2, 0.25) is 0 Å². The van der Waals surface area contributed by atoms with Gasteiger partial charge in [0.05, 0.1) is 18.4 Å². The smallest absolute Gasteiger partial charge is 0.337 e. The lowest BCUT2D eigenvalue weighted by molar-refractivity contribution is 0.0600. The Morgan fingerprint density at radius 1 is 1.23 bits per heavy atom. The van der Waals surface area contributed by atoms with Crippen molar-refractivity contribution >= 4 is 33.4 Å². The molecule has 1 amide bonds. The molecule has 8 nitrogen and oxygen atoms in total. The molecule has 30 heavy (non-hydrogen) atoms. The van der Waals surface area contributed by atoms with Gasteiger partial charge in [0.2, 0.25) is 10.0 Å². The molecule has 160 valence electrons. The minimum atomic E-state index is -3.40. The number of ether oxygens (including phenoxy) is 1. The fourth-order valence-corrected chi connectivity index (χ4v) is 4.93. The summed E-state index contributed by atoms with van der Waals surface area (Å²) in [4.78, 5) is 29.1. The number of sulfonamides is 1. The molecule has 2 aromatic rings. The molecule has 0 saturated carbocycles. The highest BCUT2D eigenvalue weighted by Gasteiger charge is 2.30. The van der Waals surface area contributed by atoms with Crippen molar-refractivity contribution in [2.45, 2.75) is 33.1 Å². The number of hydrogen-bond donors (Lipinski definition) is 1. The van der Waals surface area contributed by atoms with E-state index in [1.807, 2.05) is 13.0 Å². The van der Waals surface area contributed by atoms with Crippen molar-refractivity contribution in [2.75, 3.05) is 29.0 Å². The Morgan fingerprint density at radius 2 is 2.00 bits per heavy atom. The Hall–Kier alpha value is -2.94. The minimum absolute atomic E-state index is 0.0740. The van der Waals surface area contributed by atoms with Gasteiger partial charge in [0.15, 0.2) is 0 Å². The van der Waals surface area contributed by atoms with Crippen LogP contribution in [0, 0.1) is 6.92 Å². The maximum absolute atomic E-state index is 13.0. The van der Waals surface area contributed by atoms with Crippen LogP contribution in [0.4, 0.5) is 11.5 Å². The molecule has 1 aromatic carbocycles. The molecular weight excluding hydrogens is 406 g/mol. The van der Waals surface area contributed by atoms with Crippen LogP contribution in [0.15, 0.2) is 30.5 Å². The van der Waals surface area contributed by atoms with Gasteiger partial charge in [-0.15, -0.1) is 0 Å². The zero-order valence-corrected chi connectivity index (χ0v) is 18.1. The summed E-state index contributed by atoms with van der Waals surface area (Å²) in [7, 11) is -2.09. The van der Waals surface area contributed by atoms with Crippen LogP contribution in [0.1, 0.15) is 51.6 Å². The van der Waals surface area contributed by atoms with E-state index in [0.717, 1.165) is 18.4 Å². The summed E-state index contributed by atoms with van der Waals surface area (Å²) in [5, 5.41) is 2.81. The van der Waals surface area contributed by atoms with E-state index < -0.39 is 21.9 Å². The lowest BCUT2D eigenvalue weighted by atomic mass is 10.0. The van der Waals surface area contributed by atoms with Gasteiger partial charge in [-0.2, -0.15) is 0 Å². The number of rotatable bonds is 6. The summed E-state index contributed by atoms with van der Waals surface area (Å²) in [6.45, 7) is 4.11. The molecule has 0 unspecified atom stereocenters. The molecule has 0 bridgehead atoms. The number of methoxy groups -OCH3 is 1. The molecule has 1 saturated heterocycles. The van der Waals surface area contributed by atoms with Gasteiger partial charge in [0, 0.05) is 24.0 Å². The Morgan fingerprint density at radius 3 is 2.63 bits per heavy atom. The average molecular weight is 432 g/mol. The zero-order valence-electron chi connectivity index (χ0n) is 17.3. The Kier molecular flexibility index (Phi) is 6.40. The Labute approximate surface area is 176 Å². The number of carbonyl (C=O) groups excluding carboxylic acids is 2. The summed E-state index contributed by atoms with van der Waals surface area (Å²) in [5.41, 5.74) is 2.67. The number of nitrogens with zero attached hydrogens (tertiary/aromatic N) is 2. The third kappa shape index (κ3) is 4.62. The molecule has 1 N–H and O–H groups in total. The summed E-state index contributed by atoms with van der Waals surface area (Å²) >= 11 is 0. The minimum Gasteiger partial charge on any atom is -0.465 e. The van der Waals surface area contributed by atoms with E-state index in [1.54, 1.807) is 19.1 Å². The molecule has 9 heteroatoms. The molecule has 1 aromatic heterocycles. The largest absolute Gasteiger partial charge is 0.465 e. The second kappa shape index (κ2) is 8.83. The highest BCUT2D eigenvalue weighted by Crippen LogP contribution is 2.25. The fourth-order valence-electron chi connectivity index (χ4n) is 3.42. The monoisotopic (exact) mass is 431 g/mol. The van der Waals surface area contributed by atoms with Crippen LogP contribution in [-0.2, 0) is 21.2 Å². The number of nitrogens with one attached hydrogen (secondary N) is 1. The van der Waals surface area contributed by atoms with E-state index >= 15 is 0 Å². The number of hydrogen-bond acceptors (Lipinski definition) is 6. The summed E-state index contributed by atoms with van der Waals surface area (Å²) in [6, 6.07) is 6.62. The van der Waals surface area contributed by atoms with Crippen LogP contribution in [-0.4, -0.2) is 44.7 Å². The maximum Gasteiger partial charge on any atom is 0.337 e. The Bertz CT molecular complexity index is 1080. The quantitative estimate of drug-likeness (QED) is 0.705. The number of aromatic nitrogens is 1. The van der Waals surface area contributed by atoms with Crippen LogP contribution in [0.5, 0.6) is 0 Å². The summed E-state index contributed by atoms with van der Waals surface area (Å²) < 4.78 is 30.4. The van der Waals surface area contributed by atoms with Crippen molar-refractivity contribution in [1.82, 2.24) is 4.98 Å². The van der Waals surface area contributed by atoms with E-state index in [1.165, 1.54) is 23.7 Å². The summed E-state index contributed by atoms with van der Waals surface area (Å²) in [5.74, 6) is -0.578. The van der Waals surface area contributed by atoms with Gasteiger partial charge < -0.3 is 10.1 Å². The molecule has 1 aliphatic rings. The van der Waals surface area contributed by atoms with Gasteiger partial charge in [-0.05, 0) is 55.2 Å². The third-order valence-corrected chi connectivity index (χ3v) is 6.74. The number of pyridine rings is 1. The lowest BCUT2D eigenvalue weighted by Gasteiger charge is -2.17. The molecular formula is C21H25N3O5S. The molecule has 0 spiro atoms. The van der Waals surface area contributed by atoms with Gasteiger partial charge >= 0.3 is 5.97 Å². The van der Waals surface area contributed by atoms with Crippen LogP contribution < -0.4 is 9.62 Å². The van der Waals surface area contributed by atoms with E-state index in [-0.39, 0.29) is 11.6 Å². The van der Waals surface area contributed by atoms with Crippen molar-refractivity contribution in [1.29, 1.82) is 0 Å². The van der Waals surface area contributed by atoms with E-state index in [0.29, 0.717) is 35.3 Å². The van der Waals surface area contributed by atoms with Crippen LogP contribution in [0.25, 0.3) is 0 Å². The molecule has 0 aliphatic carbocycles. The third-order valence-electron chi connectivity index (χ3n) is 4.90. The lowest BCUT2D eigenvalue weighted by Crippen LogP contribution is -2.26. The van der Waals surface area contributed by atoms with Crippen LogP contribution in [0.3, 0.4) is 0 Å². The van der Waals surface area contributed by atoms with Crippen molar-refractivity contribution in [3.63, 3.8) is 0 Å². The first kappa shape index (κ1) is 21.8. The second-order valence-electron chi connectivity index (χ2n) is 7.21. The number of aryl methyl sites for hydroxylation is 2. The molecule has 1 fully saturated rings. The molecule has 0 radical (unpaired) electrons. The first-order chi connectivity index (χ1) is 14.2. The predicted octanol–water partition coefficient (Wildman–Crippen LogP) is 2.92. The van der Waals surface area contributed by atoms with Gasteiger partial charge in [-0.3, -0.25) is 9.10 Å². The van der Waals surface area contributed by atoms with Gasteiger partial charge in [-0.25, -0.2) is 18.2 Å². The first-order valence-corrected chi connectivity index (χ1v) is 11.4. The first-order valence-electron chi connectivity index (χ1n) is 9.76. The normalized spacial score (nSPS) is 15.1. The molecule has 2 heterocycles. The van der Waals surface area contributed by atoms with E-state index in [2.05, 4.69) is 10.3 Å². The van der Waals surface area contributed by atoms with E-state index in [9.17, 15) is 18.0 Å². The zero-order chi connectivity index (χ0) is 21.9. The van der Waals surface area contributed by atoms with Crippen LogP contribution >= 0.6 is 0 Å².